The van der Waals surface area contributed by atoms with Crippen molar-refractivity contribution in [2.45, 2.75) is 11.4 Å². The highest BCUT2D eigenvalue weighted by Gasteiger charge is 2.30. The molecule has 0 radical (unpaired) electrons. The molecule has 1 fully saturated rings. The fourth-order valence-corrected chi connectivity index (χ4v) is 4.96. The lowest BCUT2D eigenvalue weighted by atomic mass is 10.2. The monoisotopic (exact) mass is 439 g/mol. The number of carbonyl (C=O) groups is 1. The number of halogens is 2. The number of piperazine rings is 1. The summed E-state index contributed by atoms with van der Waals surface area (Å²) < 4.78 is 40.0. The summed E-state index contributed by atoms with van der Waals surface area (Å²) in [5.74, 6) is -0.653. The second kappa shape index (κ2) is 9.21. The average molecular weight is 440 g/mol. The number of hydrogen-bond acceptors (Lipinski definition) is 4. The van der Waals surface area contributed by atoms with Gasteiger partial charge in [-0.2, -0.15) is 4.31 Å². The maximum atomic E-state index is 13.4. The van der Waals surface area contributed by atoms with E-state index in [1.54, 1.807) is 11.0 Å². The first-order valence-electron chi connectivity index (χ1n) is 9.22. The molecule has 2 aromatic rings. The highest BCUT2D eigenvalue weighted by atomic mass is 35.5. The van der Waals surface area contributed by atoms with Gasteiger partial charge < -0.3 is 4.90 Å². The van der Waals surface area contributed by atoms with Crippen molar-refractivity contribution in [3.05, 3.63) is 64.9 Å². The smallest absolute Gasteiger partial charge is 0.243 e. The molecule has 0 aromatic heterocycles. The number of carbonyl (C=O) groups excluding carboxylic acids is 1. The number of sulfonamides is 1. The molecule has 29 heavy (non-hydrogen) atoms. The number of nitrogens with zero attached hydrogens (tertiary/aromatic N) is 3. The normalized spacial score (nSPS) is 15.7. The van der Waals surface area contributed by atoms with Gasteiger partial charge in [-0.3, -0.25) is 9.69 Å². The van der Waals surface area contributed by atoms with Crippen LogP contribution < -0.4 is 0 Å². The maximum absolute atomic E-state index is 13.4. The van der Waals surface area contributed by atoms with E-state index < -0.39 is 15.8 Å². The minimum absolute atomic E-state index is 0.0580. The van der Waals surface area contributed by atoms with Crippen LogP contribution in [0.3, 0.4) is 0 Å². The minimum Gasteiger partial charge on any atom is -0.339 e. The van der Waals surface area contributed by atoms with Crippen LogP contribution in [0.2, 0.25) is 5.02 Å². The van der Waals surface area contributed by atoms with E-state index in [-0.39, 0.29) is 30.4 Å². The summed E-state index contributed by atoms with van der Waals surface area (Å²) in [6, 6.07) is 12.4. The van der Waals surface area contributed by atoms with Crippen molar-refractivity contribution in [3.8, 4) is 0 Å². The van der Waals surface area contributed by atoms with Crippen molar-refractivity contribution in [3.63, 3.8) is 0 Å². The second-order valence-corrected chi connectivity index (χ2v) is 9.42. The van der Waals surface area contributed by atoms with Gasteiger partial charge in [-0.05, 0) is 42.9 Å². The first kappa shape index (κ1) is 21.7. The standard InChI is InChI=1S/C20H23ClFN3O3S/c1-23(14-16-4-2-5-17(21)12-16)15-20(26)24-8-10-25(11-9-24)29(27,28)19-7-3-6-18(22)13-19/h2-7,12-13H,8-11,14-15H2,1H3. The third-order valence-corrected chi connectivity index (χ3v) is 6.90. The minimum atomic E-state index is -3.77. The summed E-state index contributed by atoms with van der Waals surface area (Å²) in [4.78, 5) is 16.1. The SMILES string of the molecule is CN(CC(=O)N1CCN(S(=O)(=O)c2cccc(F)c2)CC1)Cc1cccc(Cl)c1. The lowest BCUT2D eigenvalue weighted by Gasteiger charge is -2.34. The molecule has 0 aliphatic carbocycles. The van der Waals surface area contributed by atoms with Gasteiger partial charge in [-0.15, -0.1) is 0 Å². The summed E-state index contributed by atoms with van der Waals surface area (Å²) in [6.45, 7) is 1.78. The van der Waals surface area contributed by atoms with E-state index in [2.05, 4.69) is 0 Å². The Morgan fingerprint density at radius 2 is 1.79 bits per heavy atom. The molecular weight excluding hydrogens is 417 g/mol. The summed E-state index contributed by atoms with van der Waals surface area (Å²) in [5, 5.41) is 0.651. The Bertz CT molecular complexity index is 978. The quantitative estimate of drug-likeness (QED) is 0.693. The van der Waals surface area contributed by atoms with Gasteiger partial charge in [0.2, 0.25) is 15.9 Å². The molecule has 0 spiro atoms. The first-order chi connectivity index (χ1) is 13.8. The van der Waals surface area contributed by atoms with E-state index in [1.807, 2.05) is 30.1 Å². The summed E-state index contributed by atoms with van der Waals surface area (Å²) in [5.41, 5.74) is 1.01. The molecule has 6 nitrogen and oxygen atoms in total. The van der Waals surface area contributed by atoms with Crippen LogP contribution in [0, 0.1) is 5.82 Å². The van der Waals surface area contributed by atoms with Crippen LogP contribution in [0.4, 0.5) is 4.39 Å². The fraction of sp³-hybridized carbons (Fsp3) is 0.350. The van der Waals surface area contributed by atoms with Crippen LogP contribution in [0.5, 0.6) is 0 Å². The van der Waals surface area contributed by atoms with E-state index in [1.165, 1.54) is 22.5 Å². The van der Waals surface area contributed by atoms with Gasteiger partial charge >= 0.3 is 0 Å². The van der Waals surface area contributed by atoms with Gasteiger partial charge in [-0.25, -0.2) is 12.8 Å². The largest absolute Gasteiger partial charge is 0.339 e. The Balaban J connectivity index is 1.54. The molecule has 156 valence electrons. The second-order valence-electron chi connectivity index (χ2n) is 7.04. The molecule has 3 rings (SSSR count). The van der Waals surface area contributed by atoms with Crippen LogP contribution in [-0.4, -0.2) is 68.2 Å². The predicted molar refractivity (Wildman–Crippen MR) is 110 cm³/mol. The van der Waals surface area contributed by atoms with Gasteiger partial charge in [0.05, 0.1) is 11.4 Å². The molecule has 2 aromatic carbocycles. The van der Waals surface area contributed by atoms with Gasteiger partial charge in [-0.1, -0.05) is 29.8 Å². The summed E-state index contributed by atoms with van der Waals surface area (Å²) in [6.07, 6.45) is 0. The molecule has 0 N–H and O–H groups in total. The van der Waals surface area contributed by atoms with Gasteiger partial charge in [0.1, 0.15) is 5.82 Å². The summed E-state index contributed by atoms with van der Waals surface area (Å²) in [7, 11) is -1.92. The van der Waals surface area contributed by atoms with Crippen molar-refractivity contribution in [1.29, 1.82) is 0 Å². The van der Waals surface area contributed by atoms with Gasteiger partial charge in [0.15, 0.2) is 0 Å². The van der Waals surface area contributed by atoms with Crippen molar-refractivity contribution in [2.24, 2.45) is 0 Å². The third-order valence-electron chi connectivity index (χ3n) is 4.77. The number of amides is 1. The van der Waals surface area contributed by atoms with E-state index >= 15 is 0 Å². The molecule has 1 aliphatic rings. The highest BCUT2D eigenvalue weighted by Crippen LogP contribution is 2.19. The van der Waals surface area contributed by atoms with Gasteiger partial charge in [0, 0.05) is 37.7 Å². The molecule has 0 saturated carbocycles. The lowest BCUT2D eigenvalue weighted by Crippen LogP contribution is -2.52. The molecule has 1 saturated heterocycles. The molecule has 0 bridgehead atoms. The maximum Gasteiger partial charge on any atom is 0.243 e. The Kier molecular flexibility index (Phi) is 6.89. The molecule has 1 aliphatic heterocycles. The molecule has 0 unspecified atom stereocenters. The van der Waals surface area contributed by atoms with E-state index in [4.69, 9.17) is 11.6 Å². The average Bonchev–Trinajstić information content (AvgIpc) is 2.68. The molecule has 1 amide bonds. The number of likely N-dealkylation sites (N-methyl/N-ethyl adjacent to an activating group) is 1. The lowest BCUT2D eigenvalue weighted by molar-refractivity contribution is -0.133. The Morgan fingerprint density at radius 3 is 2.45 bits per heavy atom. The first-order valence-corrected chi connectivity index (χ1v) is 11.0. The number of hydrogen-bond donors (Lipinski definition) is 0. The Hall–Kier alpha value is -2.00. The fourth-order valence-electron chi connectivity index (χ4n) is 3.29. The highest BCUT2D eigenvalue weighted by molar-refractivity contribution is 7.89. The zero-order valence-corrected chi connectivity index (χ0v) is 17.7. The van der Waals surface area contributed by atoms with Gasteiger partial charge in [0.25, 0.3) is 0 Å². The summed E-state index contributed by atoms with van der Waals surface area (Å²) >= 11 is 5.99. The topological polar surface area (TPSA) is 60.9 Å². The van der Waals surface area contributed by atoms with Crippen molar-refractivity contribution in [2.75, 3.05) is 39.8 Å². The molecule has 9 heteroatoms. The number of benzene rings is 2. The van der Waals surface area contributed by atoms with Crippen LogP contribution in [-0.2, 0) is 21.4 Å². The Morgan fingerprint density at radius 1 is 1.10 bits per heavy atom. The van der Waals surface area contributed by atoms with Crippen LogP contribution in [0.25, 0.3) is 0 Å². The zero-order chi connectivity index (χ0) is 21.0. The van der Waals surface area contributed by atoms with Crippen LogP contribution >= 0.6 is 11.6 Å². The van der Waals surface area contributed by atoms with Crippen molar-refractivity contribution < 1.29 is 17.6 Å². The van der Waals surface area contributed by atoms with E-state index in [9.17, 15) is 17.6 Å². The molecule has 1 heterocycles. The van der Waals surface area contributed by atoms with E-state index in [0.29, 0.717) is 24.7 Å². The van der Waals surface area contributed by atoms with Crippen molar-refractivity contribution >= 4 is 27.5 Å². The van der Waals surface area contributed by atoms with Crippen LogP contribution in [0.15, 0.2) is 53.4 Å². The number of rotatable bonds is 6. The zero-order valence-electron chi connectivity index (χ0n) is 16.1. The van der Waals surface area contributed by atoms with Crippen molar-refractivity contribution in [1.82, 2.24) is 14.1 Å². The Labute approximate surface area is 175 Å². The van der Waals surface area contributed by atoms with Crippen LogP contribution in [0.1, 0.15) is 5.56 Å². The van der Waals surface area contributed by atoms with E-state index in [0.717, 1.165) is 11.6 Å². The third kappa shape index (κ3) is 5.54. The molecule has 0 atom stereocenters. The molecular formula is C20H23ClFN3O3S. The predicted octanol–water partition coefficient (Wildman–Crippen LogP) is 2.44.